The topological polar surface area (TPSA) is 65.5 Å². The lowest BCUT2D eigenvalue weighted by Gasteiger charge is -2.38. The van der Waals surface area contributed by atoms with E-state index in [4.69, 9.17) is 0 Å². The van der Waals surface area contributed by atoms with E-state index in [1.165, 1.54) is 0 Å². The van der Waals surface area contributed by atoms with E-state index < -0.39 is 0 Å². The number of carbonyl (C=O) groups excluding carboxylic acids is 2. The Labute approximate surface area is 184 Å². The molecule has 1 N–H and O–H groups in total. The summed E-state index contributed by atoms with van der Waals surface area (Å²) in [6, 6.07) is 14.1. The number of nitrogens with one attached hydrogen (secondary N) is 1. The van der Waals surface area contributed by atoms with E-state index in [2.05, 4.69) is 27.3 Å². The SMILES string of the molecule is CC(=O)NC(CCN1CCC2(CC1)CCN(Cc1cccnc1)C2=O)c1ccccc1. The number of hydrogen-bond donors (Lipinski definition) is 1. The Morgan fingerprint density at radius 1 is 1.10 bits per heavy atom. The number of nitrogens with zero attached hydrogens (tertiary/aromatic N) is 3. The molecule has 0 radical (unpaired) electrons. The first-order chi connectivity index (χ1) is 15.1. The van der Waals surface area contributed by atoms with Crippen molar-refractivity contribution in [3.8, 4) is 0 Å². The average molecular weight is 421 g/mol. The Hall–Kier alpha value is -2.73. The molecule has 2 aliphatic heterocycles. The number of piperidine rings is 1. The molecule has 2 aliphatic rings. The number of benzene rings is 1. The molecule has 4 rings (SSSR count). The van der Waals surface area contributed by atoms with Crippen LogP contribution in [0.15, 0.2) is 54.9 Å². The van der Waals surface area contributed by atoms with E-state index in [0.717, 1.165) is 63.0 Å². The van der Waals surface area contributed by atoms with Gasteiger partial charge >= 0.3 is 0 Å². The summed E-state index contributed by atoms with van der Waals surface area (Å²) < 4.78 is 0. The summed E-state index contributed by atoms with van der Waals surface area (Å²) in [5.74, 6) is 0.313. The third-order valence-electron chi connectivity index (χ3n) is 6.82. The third kappa shape index (κ3) is 5.13. The number of aromatic nitrogens is 1. The molecule has 2 amide bonds. The molecule has 0 saturated carbocycles. The Morgan fingerprint density at radius 3 is 2.52 bits per heavy atom. The standard InChI is InChI=1S/C25H32N4O2/c1-20(30)27-23(22-7-3-2-4-8-22)9-14-28-15-10-25(11-16-28)12-17-29(24(25)31)19-21-6-5-13-26-18-21/h2-8,13,18,23H,9-12,14-17,19H2,1H3,(H,27,30). The van der Waals surface area contributed by atoms with Crippen molar-refractivity contribution in [2.75, 3.05) is 26.2 Å². The van der Waals surface area contributed by atoms with Crippen molar-refractivity contribution < 1.29 is 9.59 Å². The molecule has 1 unspecified atom stereocenters. The molecule has 3 heterocycles. The van der Waals surface area contributed by atoms with E-state index in [9.17, 15) is 9.59 Å². The van der Waals surface area contributed by atoms with E-state index in [1.54, 1.807) is 13.1 Å². The van der Waals surface area contributed by atoms with Crippen LogP contribution in [0.3, 0.4) is 0 Å². The fraction of sp³-hybridized carbons (Fsp3) is 0.480. The van der Waals surface area contributed by atoms with Crippen LogP contribution in [0.5, 0.6) is 0 Å². The van der Waals surface area contributed by atoms with E-state index in [1.807, 2.05) is 41.4 Å². The highest BCUT2D eigenvalue weighted by Crippen LogP contribution is 2.42. The zero-order chi connectivity index (χ0) is 21.7. The van der Waals surface area contributed by atoms with Gasteiger partial charge in [0.15, 0.2) is 0 Å². The lowest BCUT2D eigenvalue weighted by Crippen LogP contribution is -2.45. The van der Waals surface area contributed by atoms with Crippen LogP contribution in [0, 0.1) is 5.41 Å². The Bertz CT molecular complexity index is 879. The first-order valence-corrected chi connectivity index (χ1v) is 11.3. The smallest absolute Gasteiger partial charge is 0.229 e. The first-order valence-electron chi connectivity index (χ1n) is 11.3. The van der Waals surface area contributed by atoms with Crippen LogP contribution in [0.4, 0.5) is 0 Å². The van der Waals surface area contributed by atoms with Gasteiger partial charge < -0.3 is 15.1 Å². The lowest BCUT2D eigenvalue weighted by molar-refractivity contribution is -0.139. The Morgan fingerprint density at radius 2 is 1.84 bits per heavy atom. The minimum Gasteiger partial charge on any atom is -0.349 e. The van der Waals surface area contributed by atoms with Crippen LogP contribution in [0.2, 0.25) is 0 Å². The molecule has 1 aromatic heterocycles. The molecule has 2 fully saturated rings. The molecular formula is C25H32N4O2. The second-order valence-electron chi connectivity index (χ2n) is 8.91. The van der Waals surface area contributed by atoms with Crippen molar-refractivity contribution >= 4 is 11.8 Å². The quantitative estimate of drug-likeness (QED) is 0.747. The van der Waals surface area contributed by atoms with Crippen LogP contribution in [-0.2, 0) is 16.1 Å². The number of carbonyl (C=O) groups is 2. The second kappa shape index (κ2) is 9.60. The van der Waals surface area contributed by atoms with Gasteiger partial charge in [0.05, 0.1) is 11.5 Å². The van der Waals surface area contributed by atoms with Crippen molar-refractivity contribution in [2.24, 2.45) is 5.41 Å². The van der Waals surface area contributed by atoms with Gasteiger partial charge in [-0.15, -0.1) is 0 Å². The molecule has 164 valence electrons. The zero-order valence-electron chi connectivity index (χ0n) is 18.3. The maximum Gasteiger partial charge on any atom is 0.229 e. The maximum absolute atomic E-state index is 13.2. The summed E-state index contributed by atoms with van der Waals surface area (Å²) in [4.78, 5) is 33.5. The summed E-state index contributed by atoms with van der Waals surface area (Å²) in [6.07, 6.45) is 7.28. The highest BCUT2D eigenvalue weighted by molar-refractivity contribution is 5.85. The number of likely N-dealkylation sites (tertiary alicyclic amines) is 2. The van der Waals surface area contributed by atoms with Gasteiger partial charge in [-0.2, -0.15) is 0 Å². The summed E-state index contributed by atoms with van der Waals surface area (Å²) in [5.41, 5.74) is 2.05. The molecular weight excluding hydrogens is 388 g/mol. The van der Waals surface area contributed by atoms with E-state index in [0.29, 0.717) is 12.5 Å². The molecule has 6 heteroatoms. The van der Waals surface area contributed by atoms with Gasteiger partial charge in [-0.25, -0.2) is 0 Å². The number of pyridine rings is 1. The monoisotopic (exact) mass is 420 g/mol. The van der Waals surface area contributed by atoms with Gasteiger partial charge in [0.2, 0.25) is 11.8 Å². The molecule has 1 aromatic carbocycles. The molecule has 6 nitrogen and oxygen atoms in total. The first kappa shape index (κ1) is 21.5. The predicted molar refractivity (Wildman–Crippen MR) is 120 cm³/mol. The second-order valence-corrected chi connectivity index (χ2v) is 8.91. The average Bonchev–Trinajstić information content (AvgIpc) is 3.08. The fourth-order valence-electron chi connectivity index (χ4n) is 4.99. The normalized spacial score (nSPS) is 19.5. The summed E-state index contributed by atoms with van der Waals surface area (Å²) in [5, 5.41) is 3.09. The fourth-order valence-corrected chi connectivity index (χ4v) is 4.99. The van der Waals surface area contributed by atoms with Crippen LogP contribution >= 0.6 is 0 Å². The zero-order valence-corrected chi connectivity index (χ0v) is 18.3. The Balaban J connectivity index is 1.30. The van der Waals surface area contributed by atoms with Crippen LogP contribution in [0.1, 0.15) is 49.8 Å². The minimum atomic E-state index is -0.185. The highest BCUT2D eigenvalue weighted by Gasteiger charge is 2.47. The van der Waals surface area contributed by atoms with E-state index in [-0.39, 0.29) is 17.4 Å². The van der Waals surface area contributed by atoms with Crippen molar-refractivity contribution in [2.45, 2.75) is 45.2 Å². The van der Waals surface area contributed by atoms with Crippen LogP contribution in [-0.4, -0.2) is 52.8 Å². The van der Waals surface area contributed by atoms with Crippen molar-refractivity contribution in [1.82, 2.24) is 20.1 Å². The molecule has 1 spiro atoms. The summed E-state index contributed by atoms with van der Waals surface area (Å²) in [7, 11) is 0. The van der Waals surface area contributed by atoms with Crippen LogP contribution in [0.25, 0.3) is 0 Å². The van der Waals surface area contributed by atoms with Gasteiger partial charge in [-0.3, -0.25) is 14.6 Å². The number of rotatable bonds is 7. The van der Waals surface area contributed by atoms with Crippen molar-refractivity contribution in [3.63, 3.8) is 0 Å². The number of hydrogen-bond acceptors (Lipinski definition) is 4. The predicted octanol–water partition coefficient (Wildman–Crippen LogP) is 3.16. The highest BCUT2D eigenvalue weighted by atomic mass is 16.2. The summed E-state index contributed by atoms with van der Waals surface area (Å²) >= 11 is 0. The molecule has 0 bridgehead atoms. The molecule has 2 saturated heterocycles. The van der Waals surface area contributed by atoms with Gasteiger partial charge in [0, 0.05) is 39.0 Å². The van der Waals surface area contributed by atoms with Crippen molar-refractivity contribution in [1.29, 1.82) is 0 Å². The van der Waals surface area contributed by atoms with Gasteiger partial charge in [-0.1, -0.05) is 36.4 Å². The number of amides is 2. The van der Waals surface area contributed by atoms with Gasteiger partial charge in [0.1, 0.15) is 0 Å². The van der Waals surface area contributed by atoms with Crippen molar-refractivity contribution in [3.05, 3.63) is 66.0 Å². The molecule has 2 aromatic rings. The van der Waals surface area contributed by atoms with Gasteiger partial charge in [-0.05, 0) is 56.0 Å². The Kier molecular flexibility index (Phi) is 6.66. The van der Waals surface area contributed by atoms with Crippen LogP contribution < -0.4 is 5.32 Å². The molecule has 1 atom stereocenters. The molecule has 0 aliphatic carbocycles. The largest absolute Gasteiger partial charge is 0.349 e. The lowest BCUT2D eigenvalue weighted by atomic mass is 9.77. The minimum absolute atomic E-state index is 0.00305. The summed E-state index contributed by atoms with van der Waals surface area (Å²) in [6.45, 7) is 5.87. The maximum atomic E-state index is 13.2. The van der Waals surface area contributed by atoms with Gasteiger partial charge in [0.25, 0.3) is 0 Å². The van der Waals surface area contributed by atoms with E-state index >= 15 is 0 Å². The molecule has 31 heavy (non-hydrogen) atoms. The third-order valence-corrected chi connectivity index (χ3v) is 6.82.